The fraction of sp³-hybridized carbons (Fsp3) is 0.900. The summed E-state index contributed by atoms with van der Waals surface area (Å²) in [5, 5.41) is 6.64. The van der Waals surface area contributed by atoms with Crippen molar-refractivity contribution in [3.63, 3.8) is 0 Å². The van der Waals surface area contributed by atoms with E-state index in [9.17, 15) is 0 Å². The van der Waals surface area contributed by atoms with Gasteiger partial charge in [-0.2, -0.15) is 0 Å². The Kier molecular flexibility index (Phi) is 8.33. The molecule has 0 bridgehead atoms. The minimum absolute atomic E-state index is 0.758. The third kappa shape index (κ3) is 5.07. The van der Waals surface area contributed by atoms with Crippen molar-refractivity contribution >= 4 is 5.96 Å². The average Bonchev–Trinajstić information content (AvgIpc) is 2.19. The van der Waals surface area contributed by atoms with E-state index in [0.29, 0.717) is 0 Å². The molecule has 0 atom stereocenters. The van der Waals surface area contributed by atoms with Crippen LogP contribution in [0, 0.1) is 0 Å². The fourth-order valence-corrected chi connectivity index (χ4v) is 1.25. The molecule has 0 aliphatic rings. The first-order valence-corrected chi connectivity index (χ1v) is 5.38. The summed E-state index contributed by atoms with van der Waals surface area (Å²) in [5.41, 5.74) is 0. The molecule has 2 N–H and O–H groups in total. The van der Waals surface area contributed by atoms with Crippen LogP contribution in [0.3, 0.4) is 0 Å². The van der Waals surface area contributed by atoms with Crippen LogP contribution in [-0.4, -0.2) is 50.4 Å². The summed E-state index contributed by atoms with van der Waals surface area (Å²) < 4.78 is 7.32. The van der Waals surface area contributed by atoms with Crippen molar-refractivity contribution in [2.45, 2.75) is 20.8 Å². The SMILES string of the molecule is CCNC(NCC)=[N+](CC)CCOC. The first kappa shape index (κ1) is 13.2. The van der Waals surface area contributed by atoms with Crippen molar-refractivity contribution in [1.29, 1.82) is 0 Å². The number of hydrogen-bond donors (Lipinski definition) is 2. The van der Waals surface area contributed by atoms with Crippen molar-refractivity contribution in [2.75, 3.05) is 39.9 Å². The summed E-state index contributed by atoms with van der Waals surface area (Å²) in [6.45, 7) is 10.9. The van der Waals surface area contributed by atoms with Crippen molar-refractivity contribution in [3.05, 3.63) is 0 Å². The van der Waals surface area contributed by atoms with Crippen LogP contribution in [0.2, 0.25) is 0 Å². The van der Waals surface area contributed by atoms with E-state index in [2.05, 4.69) is 36.0 Å². The van der Waals surface area contributed by atoms with E-state index in [1.165, 1.54) is 0 Å². The summed E-state index contributed by atoms with van der Waals surface area (Å²) >= 11 is 0. The maximum absolute atomic E-state index is 5.07. The van der Waals surface area contributed by atoms with Gasteiger partial charge in [0.05, 0.1) is 32.8 Å². The van der Waals surface area contributed by atoms with Crippen molar-refractivity contribution in [3.8, 4) is 0 Å². The normalized spacial score (nSPS) is 9.71. The van der Waals surface area contributed by atoms with Crippen LogP contribution in [0.15, 0.2) is 0 Å². The third-order valence-corrected chi connectivity index (χ3v) is 1.95. The predicted octanol–water partition coefficient (Wildman–Crippen LogP) is 0.240. The standard InChI is InChI=1S/C10H23N3O/c1-5-11-10(12-6-2)13(7-3)8-9-14-4/h5-9H2,1-4H3,(H,11,12)/p+1. The molecule has 0 aromatic rings. The van der Waals surface area contributed by atoms with E-state index >= 15 is 0 Å². The van der Waals surface area contributed by atoms with Crippen LogP contribution in [0.4, 0.5) is 0 Å². The van der Waals surface area contributed by atoms with Crippen molar-refractivity contribution in [2.24, 2.45) is 0 Å². The van der Waals surface area contributed by atoms with Crippen LogP contribution < -0.4 is 10.6 Å². The van der Waals surface area contributed by atoms with E-state index in [1.54, 1.807) is 7.11 Å². The smallest absolute Gasteiger partial charge is 0.345 e. The number of likely N-dealkylation sites (N-methyl/N-ethyl adjacent to an activating group) is 1. The van der Waals surface area contributed by atoms with Crippen LogP contribution in [-0.2, 0) is 4.74 Å². The molecule has 0 unspecified atom stereocenters. The number of nitrogens with zero attached hydrogens (tertiary/aromatic N) is 1. The summed E-state index contributed by atoms with van der Waals surface area (Å²) in [6, 6.07) is 0. The Morgan fingerprint density at radius 2 is 1.71 bits per heavy atom. The largest absolute Gasteiger partial charge is 0.381 e. The van der Waals surface area contributed by atoms with Gasteiger partial charge in [0.15, 0.2) is 0 Å². The summed E-state index contributed by atoms with van der Waals surface area (Å²) in [4.78, 5) is 0. The topological polar surface area (TPSA) is 36.3 Å². The second-order valence-electron chi connectivity index (χ2n) is 2.98. The van der Waals surface area contributed by atoms with Gasteiger partial charge in [-0.25, -0.2) is 0 Å². The lowest BCUT2D eigenvalue weighted by Crippen LogP contribution is -2.45. The Morgan fingerprint density at radius 1 is 1.14 bits per heavy atom. The minimum atomic E-state index is 0.758. The van der Waals surface area contributed by atoms with Gasteiger partial charge in [-0.3, -0.25) is 15.2 Å². The molecule has 4 heteroatoms. The molecule has 0 spiro atoms. The van der Waals surface area contributed by atoms with Gasteiger partial charge in [0.2, 0.25) is 0 Å². The van der Waals surface area contributed by atoms with Crippen molar-refractivity contribution < 1.29 is 9.31 Å². The Hall–Kier alpha value is -0.770. The molecule has 14 heavy (non-hydrogen) atoms. The first-order valence-electron chi connectivity index (χ1n) is 5.38. The highest BCUT2D eigenvalue weighted by molar-refractivity contribution is 5.74. The molecular formula is C10H24N3O+. The Bertz CT molecular complexity index is 161. The molecule has 0 rings (SSSR count). The molecule has 0 fully saturated rings. The number of rotatable bonds is 6. The second kappa shape index (κ2) is 8.81. The highest BCUT2D eigenvalue weighted by Gasteiger charge is 2.08. The van der Waals surface area contributed by atoms with E-state index in [-0.39, 0.29) is 0 Å². The number of hydrogen-bond acceptors (Lipinski definition) is 1. The average molecular weight is 202 g/mol. The van der Waals surface area contributed by atoms with Gasteiger partial charge in [0.25, 0.3) is 0 Å². The quantitative estimate of drug-likeness (QED) is 0.368. The van der Waals surface area contributed by atoms with E-state index in [0.717, 1.165) is 38.7 Å². The Balaban J connectivity index is 4.33. The lowest BCUT2D eigenvalue weighted by atomic mass is 10.5. The fourth-order valence-electron chi connectivity index (χ4n) is 1.25. The number of ether oxygens (including phenoxy) is 1. The molecule has 0 aromatic carbocycles. The van der Waals surface area contributed by atoms with Gasteiger partial charge >= 0.3 is 5.96 Å². The number of nitrogens with one attached hydrogen (secondary N) is 2. The summed E-state index contributed by atoms with van der Waals surface area (Å²) in [5.74, 6) is 1.11. The zero-order chi connectivity index (χ0) is 10.8. The van der Waals surface area contributed by atoms with Gasteiger partial charge in [-0.05, 0) is 20.8 Å². The molecule has 0 aliphatic carbocycles. The molecule has 0 saturated carbocycles. The molecule has 0 aliphatic heterocycles. The van der Waals surface area contributed by atoms with Gasteiger partial charge < -0.3 is 4.74 Å². The predicted molar refractivity (Wildman–Crippen MR) is 59.9 cm³/mol. The van der Waals surface area contributed by atoms with E-state index < -0.39 is 0 Å². The van der Waals surface area contributed by atoms with Crippen LogP contribution in [0.25, 0.3) is 0 Å². The molecular weight excluding hydrogens is 178 g/mol. The van der Waals surface area contributed by atoms with Gasteiger partial charge in [-0.1, -0.05) is 0 Å². The lowest BCUT2D eigenvalue weighted by Gasteiger charge is -2.11. The van der Waals surface area contributed by atoms with Gasteiger partial charge in [0, 0.05) is 7.11 Å². The van der Waals surface area contributed by atoms with Crippen LogP contribution in [0.5, 0.6) is 0 Å². The molecule has 0 heterocycles. The minimum Gasteiger partial charge on any atom is -0.381 e. The highest BCUT2D eigenvalue weighted by atomic mass is 16.5. The second-order valence-corrected chi connectivity index (χ2v) is 2.98. The molecule has 0 saturated heterocycles. The van der Waals surface area contributed by atoms with E-state index in [4.69, 9.17) is 4.74 Å². The monoisotopic (exact) mass is 202 g/mol. The highest BCUT2D eigenvalue weighted by Crippen LogP contribution is 1.79. The van der Waals surface area contributed by atoms with Crippen LogP contribution >= 0.6 is 0 Å². The summed E-state index contributed by atoms with van der Waals surface area (Å²) in [6.07, 6.45) is 0. The number of guanidine groups is 1. The maximum atomic E-state index is 5.07. The summed E-state index contributed by atoms with van der Waals surface area (Å²) in [7, 11) is 1.73. The molecule has 0 aromatic heterocycles. The zero-order valence-electron chi connectivity index (χ0n) is 9.89. The molecule has 4 nitrogen and oxygen atoms in total. The molecule has 0 amide bonds. The Morgan fingerprint density at radius 3 is 2.07 bits per heavy atom. The van der Waals surface area contributed by atoms with Gasteiger partial charge in [-0.15, -0.1) is 0 Å². The van der Waals surface area contributed by atoms with Crippen molar-refractivity contribution in [1.82, 2.24) is 10.6 Å². The lowest BCUT2D eigenvalue weighted by molar-refractivity contribution is -0.530. The van der Waals surface area contributed by atoms with E-state index in [1.807, 2.05) is 0 Å². The zero-order valence-corrected chi connectivity index (χ0v) is 9.89. The van der Waals surface area contributed by atoms with Crippen LogP contribution in [0.1, 0.15) is 20.8 Å². The maximum Gasteiger partial charge on any atom is 0.345 e. The first-order chi connectivity index (χ1) is 6.79. The number of methoxy groups -OCH3 is 1. The molecule has 0 radical (unpaired) electrons. The third-order valence-electron chi connectivity index (χ3n) is 1.95. The van der Waals surface area contributed by atoms with Gasteiger partial charge in [0.1, 0.15) is 0 Å². The Labute approximate surface area is 87.3 Å². The molecule has 84 valence electrons.